The van der Waals surface area contributed by atoms with E-state index in [1.165, 1.54) is 23.8 Å². The second kappa shape index (κ2) is 8.13. The van der Waals surface area contributed by atoms with E-state index in [-0.39, 0.29) is 35.4 Å². The van der Waals surface area contributed by atoms with Gasteiger partial charge in [-0.3, -0.25) is 19.7 Å². The number of nitro groups is 1. The number of benzene rings is 1. The highest BCUT2D eigenvalue weighted by Crippen LogP contribution is 2.43. The Morgan fingerprint density at radius 2 is 1.69 bits per heavy atom. The first-order valence-corrected chi connectivity index (χ1v) is 10.9. The van der Waals surface area contributed by atoms with Gasteiger partial charge in [-0.25, -0.2) is 4.90 Å². The molecular weight excluding hydrogens is 370 g/mol. The van der Waals surface area contributed by atoms with Gasteiger partial charge in [0.25, 0.3) is 5.69 Å². The number of nitrogens with zero attached hydrogens (tertiary/aromatic N) is 2. The van der Waals surface area contributed by atoms with Crippen molar-refractivity contribution < 1.29 is 14.5 Å². The fourth-order valence-corrected chi connectivity index (χ4v) is 5.22. The molecule has 1 aromatic rings. The van der Waals surface area contributed by atoms with Crippen molar-refractivity contribution in [3.05, 3.63) is 28.3 Å². The molecule has 7 heteroatoms. The summed E-state index contributed by atoms with van der Waals surface area (Å²) in [4.78, 5) is 38.3. The summed E-state index contributed by atoms with van der Waals surface area (Å²) in [7, 11) is 0. The van der Waals surface area contributed by atoms with Gasteiger partial charge in [0.05, 0.1) is 22.4 Å². The maximum atomic E-state index is 12.9. The van der Waals surface area contributed by atoms with Crippen LogP contribution in [0.3, 0.4) is 0 Å². The Morgan fingerprint density at radius 1 is 1.00 bits per heavy atom. The second-order valence-corrected chi connectivity index (χ2v) is 8.93. The molecule has 156 valence electrons. The summed E-state index contributed by atoms with van der Waals surface area (Å²) in [5.41, 5.74) is 0.714. The minimum absolute atomic E-state index is 0.0735. The topological polar surface area (TPSA) is 92.6 Å². The van der Waals surface area contributed by atoms with Crippen LogP contribution in [-0.4, -0.2) is 22.8 Å². The van der Waals surface area contributed by atoms with Crippen molar-refractivity contribution in [2.24, 2.45) is 17.8 Å². The fourth-order valence-electron chi connectivity index (χ4n) is 5.22. The summed E-state index contributed by atoms with van der Waals surface area (Å²) >= 11 is 0. The Bertz CT molecular complexity index is 816. The SMILES string of the molecule is C[C@@H]1CC[C@@H]2C(=O)N(c3ccc(NC4CCCCCC4)c([N+](=O)[O-])c3)C(=O)[C@H]2C1. The largest absolute Gasteiger partial charge is 0.377 e. The van der Waals surface area contributed by atoms with Gasteiger partial charge in [-0.1, -0.05) is 32.6 Å². The maximum Gasteiger partial charge on any atom is 0.294 e. The lowest BCUT2D eigenvalue weighted by atomic mass is 9.76. The van der Waals surface area contributed by atoms with Crippen molar-refractivity contribution in [2.45, 2.75) is 70.8 Å². The first kappa shape index (κ1) is 19.9. The van der Waals surface area contributed by atoms with Crippen LogP contribution in [0, 0.1) is 27.9 Å². The Labute approximate surface area is 171 Å². The highest BCUT2D eigenvalue weighted by molar-refractivity contribution is 6.22. The van der Waals surface area contributed by atoms with Gasteiger partial charge >= 0.3 is 0 Å². The quantitative estimate of drug-likeness (QED) is 0.344. The average Bonchev–Trinajstić information content (AvgIpc) is 2.86. The summed E-state index contributed by atoms with van der Waals surface area (Å²) in [5.74, 6) is -0.542. The number of imide groups is 1. The number of hydrogen-bond donors (Lipinski definition) is 1. The molecule has 4 rings (SSSR count). The summed E-state index contributed by atoms with van der Waals surface area (Å²) in [6, 6.07) is 4.93. The van der Waals surface area contributed by atoms with Gasteiger partial charge in [0.15, 0.2) is 0 Å². The van der Waals surface area contributed by atoms with Gasteiger partial charge in [0, 0.05) is 12.1 Å². The summed E-state index contributed by atoms with van der Waals surface area (Å²) in [6.07, 6.45) is 9.05. The third-order valence-corrected chi connectivity index (χ3v) is 6.84. The molecule has 1 heterocycles. The average molecular weight is 399 g/mol. The molecule has 2 aliphatic carbocycles. The number of anilines is 2. The number of amides is 2. The number of carbonyl (C=O) groups excluding carboxylic acids is 2. The zero-order chi connectivity index (χ0) is 20.5. The van der Waals surface area contributed by atoms with Gasteiger partial charge in [0.1, 0.15) is 5.69 Å². The molecule has 1 aromatic carbocycles. The van der Waals surface area contributed by atoms with E-state index in [0.29, 0.717) is 17.3 Å². The lowest BCUT2D eigenvalue weighted by molar-refractivity contribution is -0.383. The molecule has 2 saturated carbocycles. The first-order chi connectivity index (χ1) is 14.0. The smallest absolute Gasteiger partial charge is 0.294 e. The van der Waals surface area contributed by atoms with E-state index in [2.05, 4.69) is 12.2 Å². The van der Waals surface area contributed by atoms with Crippen LogP contribution >= 0.6 is 0 Å². The number of hydrogen-bond acceptors (Lipinski definition) is 5. The van der Waals surface area contributed by atoms with Gasteiger partial charge in [-0.2, -0.15) is 0 Å². The van der Waals surface area contributed by atoms with Crippen molar-refractivity contribution >= 4 is 28.9 Å². The lowest BCUT2D eigenvalue weighted by Crippen LogP contribution is -2.31. The number of nitrogens with one attached hydrogen (secondary N) is 1. The van der Waals surface area contributed by atoms with Crippen LogP contribution in [0.5, 0.6) is 0 Å². The van der Waals surface area contributed by atoms with E-state index in [1.54, 1.807) is 12.1 Å². The number of fused-ring (bicyclic) bond motifs is 1. The van der Waals surface area contributed by atoms with Crippen molar-refractivity contribution in [1.29, 1.82) is 0 Å². The molecule has 1 N–H and O–H groups in total. The minimum atomic E-state index is -0.428. The lowest BCUT2D eigenvalue weighted by Gasteiger charge is -2.25. The molecule has 1 saturated heterocycles. The molecule has 29 heavy (non-hydrogen) atoms. The van der Waals surface area contributed by atoms with E-state index in [4.69, 9.17) is 0 Å². The van der Waals surface area contributed by atoms with Crippen molar-refractivity contribution in [2.75, 3.05) is 10.2 Å². The Morgan fingerprint density at radius 3 is 2.38 bits per heavy atom. The molecule has 2 amide bonds. The fraction of sp³-hybridized carbons (Fsp3) is 0.636. The Balaban J connectivity index is 1.60. The molecule has 3 fully saturated rings. The molecule has 0 radical (unpaired) electrons. The van der Waals surface area contributed by atoms with Gasteiger partial charge < -0.3 is 5.32 Å². The molecular formula is C22H29N3O4. The highest BCUT2D eigenvalue weighted by Gasteiger charge is 2.50. The maximum absolute atomic E-state index is 12.9. The van der Waals surface area contributed by atoms with Crippen molar-refractivity contribution in [3.8, 4) is 0 Å². The molecule has 1 aliphatic heterocycles. The van der Waals surface area contributed by atoms with Gasteiger partial charge in [-0.15, -0.1) is 0 Å². The predicted molar refractivity (Wildman–Crippen MR) is 111 cm³/mol. The third-order valence-electron chi connectivity index (χ3n) is 6.84. The highest BCUT2D eigenvalue weighted by atomic mass is 16.6. The van der Waals surface area contributed by atoms with Crippen LogP contribution in [0.4, 0.5) is 17.1 Å². The van der Waals surface area contributed by atoms with Crippen LogP contribution in [0.25, 0.3) is 0 Å². The molecule has 0 bridgehead atoms. The first-order valence-electron chi connectivity index (χ1n) is 10.9. The molecule has 7 nitrogen and oxygen atoms in total. The van der Waals surface area contributed by atoms with E-state index in [0.717, 1.165) is 44.9 Å². The zero-order valence-corrected chi connectivity index (χ0v) is 16.9. The van der Waals surface area contributed by atoms with Crippen LogP contribution in [-0.2, 0) is 9.59 Å². The Hall–Kier alpha value is -2.44. The second-order valence-electron chi connectivity index (χ2n) is 8.93. The monoisotopic (exact) mass is 399 g/mol. The van der Waals surface area contributed by atoms with Gasteiger partial charge in [-0.05, 0) is 50.2 Å². The molecule has 0 aromatic heterocycles. The number of carbonyl (C=O) groups is 2. The molecule has 0 unspecified atom stereocenters. The molecule has 3 aliphatic rings. The number of nitro benzene ring substituents is 1. The van der Waals surface area contributed by atoms with E-state index >= 15 is 0 Å². The standard InChI is InChI=1S/C22H29N3O4/c1-14-8-10-17-18(12-14)22(27)24(21(17)26)16-9-11-19(20(13-16)25(28)29)23-15-6-4-2-3-5-7-15/h9,11,13-15,17-18,23H,2-8,10,12H2,1H3/t14-,17+,18+/m1/s1. The van der Waals surface area contributed by atoms with Crippen molar-refractivity contribution in [1.82, 2.24) is 0 Å². The summed E-state index contributed by atoms with van der Waals surface area (Å²) < 4.78 is 0. The van der Waals surface area contributed by atoms with E-state index in [1.807, 2.05) is 0 Å². The normalized spacial score (nSPS) is 28.2. The Kier molecular flexibility index (Phi) is 5.56. The van der Waals surface area contributed by atoms with Crippen LogP contribution in [0.2, 0.25) is 0 Å². The predicted octanol–water partition coefficient (Wildman–Crippen LogP) is 4.66. The van der Waals surface area contributed by atoms with E-state index in [9.17, 15) is 19.7 Å². The number of rotatable bonds is 4. The van der Waals surface area contributed by atoms with Crippen LogP contribution in [0.1, 0.15) is 64.7 Å². The van der Waals surface area contributed by atoms with Crippen LogP contribution < -0.4 is 10.2 Å². The van der Waals surface area contributed by atoms with Crippen LogP contribution in [0.15, 0.2) is 18.2 Å². The van der Waals surface area contributed by atoms with E-state index < -0.39 is 4.92 Å². The molecule has 3 atom stereocenters. The third kappa shape index (κ3) is 3.87. The summed E-state index contributed by atoms with van der Waals surface area (Å²) in [5, 5.41) is 15.1. The zero-order valence-electron chi connectivity index (χ0n) is 16.9. The van der Waals surface area contributed by atoms with Crippen molar-refractivity contribution in [3.63, 3.8) is 0 Å². The van der Waals surface area contributed by atoms with Gasteiger partial charge in [0.2, 0.25) is 11.8 Å². The minimum Gasteiger partial charge on any atom is -0.377 e. The summed E-state index contributed by atoms with van der Waals surface area (Å²) in [6.45, 7) is 2.11. The molecule has 0 spiro atoms.